The summed E-state index contributed by atoms with van der Waals surface area (Å²) in [5.74, 6) is -0.218. The van der Waals surface area contributed by atoms with E-state index in [2.05, 4.69) is 0 Å². The third kappa shape index (κ3) is 6.12. The fourth-order valence-corrected chi connectivity index (χ4v) is 3.25. The van der Waals surface area contributed by atoms with E-state index in [-0.39, 0.29) is 11.4 Å². The van der Waals surface area contributed by atoms with Crippen LogP contribution in [0, 0.1) is 16.2 Å². The molecule has 0 aliphatic rings. The van der Waals surface area contributed by atoms with Crippen LogP contribution in [0.5, 0.6) is 0 Å². The smallest absolute Gasteiger partial charge is 0.312 e. The summed E-state index contributed by atoms with van der Waals surface area (Å²) in [5, 5.41) is 10.8. The Bertz CT molecular complexity index is 409. The van der Waals surface area contributed by atoms with Crippen LogP contribution in [0.2, 0.25) is 0 Å². The Kier molecular flexibility index (Phi) is 6.48. The van der Waals surface area contributed by atoms with Gasteiger partial charge in [-0.15, -0.1) is 0 Å². The van der Waals surface area contributed by atoms with Crippen molar-refractivity contribution in [3.05, 3.63) is 12.2 Å². The predicted molar refractivity (Wildman–Crippen MR) is 92.6 cm³/mol. The Morgan fingerprint density at radius 2 is 1.50 bits per heavy atom. The van der Waals surface area contributed by atoms with Crippen LogP contribution in [-0.4, -0.2) is 22.8 Å². The Morgan fingerprint density at radius 3 is 1.86 bits per heavy atom. The van der Waals surface area contributed by atoms with E-state index in [1.165, 1.54) is 0 Å². The number of ether oxygens (including phenoxy) is 1. The van der Waals surface area contributed by atoms with Crippen molar-refractivity contribution in [2.45, 2.75) is 87.4 Å². The zero-order valence-electron chi connectivity index (χ0n) is 16.2. The van der Waals surface area contributed by atoms with Crippen LogP contribution in [0.3, 0.4) is 0 Å². The SMILES string of the molecule is CC=CC(C)(C)C(O)C(C)(C)CC(C)(C)C(=O)OC(C)(C)C. The molecule has 0 radical (unpaired) electrons. The van der Waals surface area contributed by atoms with Gasteiger partial charge in [0.2, 0.25) is 0 Å². The fourth-order valence-electron chi connectivity index (χ4n) is 3.25. The lowest BCUT2D eigenvalue weighted by Crippen LogP contribution is -2.45. The number of aliphatic hydroxyl groups is 1. The molecule has 0 aliphatic heterocycles. The number of esters is 1. The highest BCUT2D eigenvalue weighted by Crippen LogP contribution is 2.43. The van der Waals surface area contributed by atoms with Crippen LogP contribution in [0.4, 0.5) is 0 Å². The van der Waals surface area contributed by atoms with Gasteiger partial charge in [-0.1, -0.05) is 39.8 Å². The standard InChI is InChI=1S/C19H36O3/c1-11-12-17(5,6)14(20)18(7,8)13-19(9,10)15(21)22-16(2,3)4/h11-12,14,20H,13H2,1-10H3. The van der Waals surface area contributed by atoms with Crippen molar-refractivity contribution in [2.75, 3.05) is 0 Å². The molecule has 0 saturated carbocycles. The number of carbonyl (C=O) groups is 1. The highest BCUT2D eigenvalue weighted by atomic mass is 16.6. The molecule has 1 atom stereocenters. The quantitative estimate of drug-likeness (QED) is 0.569. The van der Waals surface area contributed by atoms with Crippen LogP contribution in [0.15, 0.2) is 12.2 Å². The largest absolute Gasteiger partial charge is 0.460 e. The maximum Gasteiger partial charge on any atom is 0.312 e. The molecule has 1 unspecified atom stereocenters. The monoisotopic (exact) mass is 312 g/mol. The Morgan fingerprint density at radius 1 is 1.05 bits per heavy atom. The molecule has 3 heteroatoms. The van der Waals surface area contributed by atoms with E-state index in [0.29, 0.717) is 6.42 Å². The van der Waals surface area contributed by atoms with Crippen molar-refractivity contribution in [2.24, 2.45) is 16.2 Å². The summed E-state index contributed by atoms with van der Waals surface area (Å²) in [4.78, 5) is 12.4. The van der Waals surface area contributed by atoms with Crippen molar-refractivity contribution in [1.29, 1.82) is 0 Å². The first-order chi connectivity index (χ1) is 9.55. The Balaban J connectivity index is 5.21. The van der Waals surface area contributed by atoms with Gasteiger partial charge in [-0.05, 0) is 53.4 Å². The summed E-state index contributed by atoms with van der Waals surface area (Å²) in [6.07, 6.45) is 3.97. The third-order valence-corrected chi connectivity index (χ3v) is 3.89. The zero-order chi connectivity index (χ0) is 18.0. The maximum absolute atomic E-state index is 12.4. The van der Waals surface area contributed by atoms with E-state index < -0.39 is 22.5 Å². The van der Waals surface area contributed by atoms with E-state index >= 15 is 0 Å². The van der Waals surface area contributed by atoms with Gasteiger partial charge in [-0.3, -0.25) is 4.79 Å². The molecule has 0 aromatic rings. The van der Waals surface area contributed by atoms with Gasteiger partial charge in [-0.2, -0.15) is 0 Å². The first-order valence-electron chi connectivity index (χ1n) is 8.10. The summed E-state index contributed by atoms with van der Waals surface area (Å²) < 4.78 is 5.53. The van der Waals surface area contributed by atoms with Gasteiger partial charge in [0.15, 0.2) is 0 Å². The molecule has 130 valence electrons. The lowest BCUT2D eigenvalue weighted by Gasteiger charge is -2.43. The molecule has 0 spiro atoms. The molecule has 0 aliphatic carbocycles. The van der Waals surface area contributed by atoms with Crippen molar-refractivity contribution >= 4 is 5.97 Å². The zero-order valence-corrected chi connectivity index (χ0v) is 16.2. The van der Waals surface area contributed by atoms with E-state index in [1.54, 1.807) is 0 Å². The lowest BCUT2D eigenvalue weighted by molar-refractivity contribution is -0.169. The molecule has 1 N–H and O–H groups in total. The Hall–Kier alpha value is -0.830. The molecule has 0 saturated heterocycles. The number of hydrogen-bond acceptors (Lipinski definition) is 3. The second kappa shape index (κ2) is 6.74. The van der Waals surface area contributed by atoms with Gasteiger partial charge in [0, 0.05) is 5.41 Å². The summed E-state index contributed by atoms with van der Waals surface area (Å²) >= 11 is 0. The first kappa shape index (κ1) is 21.2. The van der Waals surface area contributed by atoms with Crippen molar-refractivity contribution in [1.82, 2.24) is 0 Å². The predicted octanol–water partition coefficient (Wildman–Crippen LogP) is 4.73. The summed E-state index contributed by atoms with van der Waals surface area (Å²) in [7, 11) is 0. The van der Waals surface area contributed by atoms with E-state index in [0.717, 1.165) is 0 Å². The van der Waals surface area contributed by atoms with Gasteiger partial charge in [0.05, 0.1) is 11.5 Å². The number of carbonyl (C=O) groups excluding carboxylic acids is 1. The second-order valence-corrected chi connectivity index (χ2v) is 9.28. The van der Waals surface area contributed by atoms with Crippen molar-refractivity contribution < 1.29 is 14.6 Å². The Labute approximate surface area is 137 Å². The van der Waals surface area contributed by atoms with Gasteiger partial charge >= 0.3 is 5.97 Å². The first-order valence-corrected chi connectivity index (χ1v) is 8.10. The van der Waals surface area contributed by atoms with Crippen molar-refractivity contribution in [3.63, 3.8) is 0 Å². The highest BCUT2D eigenvalue weighted by molar-refractivity contribution is 5.76. The van der Waals surface area contributed by atoms with Crippen LogP contribution in [0.25, 0.3) is 0 Å². The van der Waals surface area contributed by atoms with Gasteiger partial charge in [0.25, 0.3) is 0 Å². The van der Waals surface area contributed by atoms with Crippen molar-refractivity contribution in [3.8, 4) is 0 Å². The average Bonchev–Trinajstić information content (AvgIpc) is 2.24. The highest BCUT2D eigenvalue weighted by Gasteiger charge is 2.44. The number of hydrogen-bond donors (Lipinski definition) is 1. The molecular weight excluding hydrogens is 276 g/mol. The van der Waals surface area contributed by atoms with E-state index in [1.807, 2.05) is 81.4 Å². The minimum absolute atomic E-state index is 0.218. The van der Waals surface area contributed by atoms with Gasteiger partial charge in [0.1, 0.15) is 5.60 Å². The molecule has 0 rings (SSSR count). The topological polar surface area (TPSA) is 46.5 Å². The minimum Gasteiger partial charge on any atom is -0.460 e. The van der Waals surface area contributed by atoms with Gasteiger partial charge in [-0.25, -0.2) is 0 Å². The van der Waals surface area contributed by atoms with E-state index in [9.17, 15) is 9.90 Å². The normalized spacial score (nSPS) is 16.0. The number of rotatable bonds is 6. The van der Waals surface area contributed by atoms with Crippen LogP contribution in [-0.2, 0) is 9.53 Å². The molecular formula is C19H36O3. The molecule has 0 amide bonds. The minimum atomic E-state index is -0.649. The summed E-state index contributed by atoms with van der Waals surface area (Å²) in [6.45, 7) is 19.4. The van der Waals surface area contributed by atoms with Crippen LogP contribution < -0.4 is 0 Å². The number of aliphatic hydroxyl groups excluding tert-OH is 1. The third-order valence-electron chi connectivity index (χ3n) is 3.89. The van der Waals surface area contributed by atoms with E-state index in [4.69, 9.17) is 4.74 Å². The van der Waals surface area contributed by atoms with Crippen LogP contribution in [0.1, 0.15) is 75.7 Å². The van der Waals surface area contributed by atoms with Gasteiger partial charge < -0.3 is 9.84 Å². The molecule has 0 aromatic heterocycles. The lowest BCUT2D eigenvalue weighted by atomic mass is 9.65. The average molecular weight is 312 g/mol. The molecule has 3 nitrogen and oxygen atoms in total. The summed E-state index contributed by atoms with van der Waals surface area (Å²) in [5.41, 5.74) is -1.91. The second-order valence-electron chi connectivity index (χ2n) is 9.28. The molecule has 0 fully saturated rings. The molecule has 0 bridgehead atoms. The molecule has 22 heavy (non-hydrogen) atoms. The fraction of sp³-hybridized carbons (Fsp3) is 0.842. The van der Waals surface area contributed by atoms with Crippen LogP contribution >= 0.6 is 0 Å². The molecule has 0 aromatic carbocycles. The maximum atomic E-state index is 12.4. The number of allylic oxidation sites excluding steroid dienone is 1. The molecule has 0 heterocycles. The summed E-state index contributed by atoms with van der Waals surface area (Å²) in [6, 6.07) is 0.